The van der Waals surface area contributed by atoms with Crippen LogP contribution in [0.4, 0.5) is 0 Å². The molecule has 1 aliphatic rings. The average molecular weight is 348 g/mol. The monoisotopic (exact) mass is 347 g/mol. The fraction of sp³-hybridized carbons (Fsp3) is 0.278. The first-order chi connectivity index (χ1) is 11.6. The SMILES string of the molecule is COc1cccc2c1OCC(NC(=O)[C@H](O)c1ccccc1Cl)C2. The number of halogens is 1. The van der Waals surface area contributed by atoms with Crippen LogP contribution in [0.1, 0.15) is 17.2 Å². The molecule has 2 atom stereocenters. The zero-order chi connectivity index (χ0) is 17.1. The van der Waals surface area contributed by atoms with Crippen molar-refractivity contribution in [2.75, 3.05) is 13.7 Å². The lowest BCUT2D eigenvalue weighted by Crippen LogP contribution is -2.44. The van der Waals surface area contributed by atoms with Gasteiger partial charge >= 0.3 is 0 Å². The molecule has 0 saturated heterocycles. The van der Waals surface area contributed by atoms with Crippen LogP contribution >= 0.6 is 11.6 Å². The number of carbonyl (C=O) groups is 1. The Morgan fingerprint density at radius 3 is 2.88 bits per heavy atom. The van der Waals surface area contributed by atoms with Gasteiger partial charge in [-0.05, 0) is 18.6 Å². The highest BCUT2D eigenvalue weighted by Crippen LogP contribution is 2.34. The Bertz CT molecular complexity index is 750. The van der Waals surface area contributed by atoms with Crippen molar-refractivity contribution < 1.29 is 19.4 Å². The second-order valence-corrected chi connectivity index (χ2v) is 6.00. The molecular formula is C18H18ClNO4. The van der Waals surface area contributed by atoms with E-state index in [-0.39, 0.29) is 6.04 Å². The van der Waals surface area contributed by atoms with Gasteiger partial charge in [-0.25, -0.2) is 0 Å². The summed E-state index contributed by atoms with van der Waals surface area (Å²) >= 11 is 6.03. The number of nitrogens with one attached hydrogen (secondary N) is 1. The Kier molecular flexibility index (Phi) is 4.92. The number of rotatable bonds is 4. The van der Waals surface area contributed by atoms with Crippen LogP contribution in [0.5, 0.6) is 11.5 Å². The van der Waals surface area contributed by atoms with Crippen LogP contribution in [0.25, 0.3) is 0 Å². The lowest BCUT2D eigenvalue weighted by Gasteiger charge is -2.28. The third kappa shape index (κ3) is 3.32. The molecule has 0 saturated carbocycles. The molecule has 1 heterocycles. The molecule has 0 aliphatic carbocycles. The van der Waals surface area contributed by atoms with Crippen molar-refractivity contribution in [1.29, 1.82) is 0 Å². The number of aliphatic hydroxyl groups excluding tert-OH is 1. The van der Waals surface area contributed by atoms with Crippen LogP contribution in [0, 0.1) is 0 Å². The lowest BCUT2D eigenvalue weighted by atomic mass is 10.0. The highest BCUT2D eigenvalue weighted by Gasteiger charge is 2.27. The van der Waals surface area contributed by atoms with E-state index in [2.05, 4.69) is 5.32 Å². The number of fused-ring (bicyclic) bond motifs is 1. The quantitative estimate of drug-likeness (QED) is 0.891. The summed E-state index contributed by atoms with van der Waals surface area (Å²) in [6.45, 7) is 0.314. The summed E-state index contributed by atoms with van der Waals surface area (Å²) < 4.78 is 11.0. The van der Waals surface area contributed by atoms with Crippen molar-refractivity contribution in [3.05, 3.63) is 58.6 Å². The predicted molar refractivity (Wildman–Crippen MR) is 90.5 cm³/mol. The molecular weight excluding hydrogens is 330 g/mol. The zero-order valence-corrected chi connectivity index (χ0v) is 13.9. The summed E-state index contributed by atoms with van der Waals surface area (Å²) in [5, 5.41) is 13.4. The smallest absolute Gasteiger partial charge is 0.253 e. The van der Waals surface area contributed by atoms with Gasteiger partial charge in [0.25, 0.3) is 5.91 Å². The van der Waals surface area contributed by atoms with Crippen LogP contribution in [0.15, 0.2) is 42.5 Å². The van der Waals surface area contributed by atoms with E-state index in [1.54, 1.807) is 31.4 Å². The first-order valence-electron chi connectivity index (χ1n) is 7.61. The van der Waals surface area contributed by atoms with Gasteiger partial charge in [-0.2, -0.15) is 0 Å². The number of amides is 1. The summed E-state index contributed by atoms with van der Waals surface area (Å²) in [5.41, 5.74) is 1.34. The van der Waals surface area contributed by atoms with Crippen LogP contribution in [-0.4, -0.2) is 30.8 Å². The van der Waals surface area contributed by atoms with E-state index in [4.69, 9.17) is 21.1 Å². The van der Waals surface area contributed by atoms with E-state index in [0.29, 0.717) is 35.1 Å². The summed E-state index contributed by atoms with van der Waals surface area (Å²) in [6, 6.07) is 12.2. The molecule has 0 radical (unpaired) electrons. The van der Waals surface area contributed by atoms with E-state index in [9.17, 15) is 9.90 Å². The molecule has 0 aromatic heterocycles. The van der Waals surface area contributed by atoms with Crippen LogP contribution in [0.3, 0.4) is 0 Å². The van der Waals surface area contributed by atoms with Gasteiger partial charge in [0.1, 0.15) is 6.61 Å². The molecule has 126 valence electrons. The van der Waals surface area contributed by atoms with Crippen LogP contribution in [-0.2, 0) is 11.2 Å². The maximum Gasteiger partial charge on any atom is 0.253 e. The standard InChI is InChI=1S/C18H18ClNO4/c1-23-15-8-4-5-11-9-12(10-24-17(11)15)20-18(22)16(21)13-6-2-3-7-14(13)19/h2-8,12,16,21H,9-10H2,1H3,(H,20,22)/t12?,16-/m1/s1. The maximum absolute atomic E-state index is 12.3. The van der Waals surface area contributed by atoms with E-state index in [0.717, 1.165) is 5.56 Å². The third-order valence-corrected chi connectivity index (χ3v) is 4.31. The Morgan fingerprint density at radius 1 is 1.33 bits per heavy atom. The Hall–Kier alpha value is -2.24. The number of para-hydroxylation sites is 1. The van der Waals surface area contributed by atoms with Gasteiger partial charge in [0.2, 0.25) is 0 Å². The minimum Gasteiger partial charge on any atom is -0.493 e. The van der Waals surface area contributed by atoms with Crippen molar-refractivity contribution in [3.63, 3.8) is 0 Å². The van der Waals surface area contributed by atoms with Gasteiger partial charge in [-0.3, -0.25) is 4.79 Å². The Balaban J connectivity index is 1.69. The molecule has 24 heavy (non-hydrogen) atoms. The molecule has 0 bridgehead atoms. The number of aliphatic hydroxyl groups is 1. The molecule has 2 N–H and O–H groups in total. The summed E-state index contributed by atoms with van der Waals surface area (Å²) in [5.74, 6) is 0.883. The minimum absolute atomic E-state index is 0.228. The molecule has 2 aromatic rings. The summed E-state index contributed by atoms with van der Waals surface area (Å²) in [7, 11) is 1.59. The van der Waals surface area contributed by atoms with E-state index >= 15 is 0 Å². The van der Waals surface area contributed by atoms with Crippen molar-refractivity contribution in [3.8, 4) is 11.5 Å². The second-order valence-electron chi connectivity index (χ2n) is 5.59. The second kappa shape index (κ2) is 7.11. The highest BCUT2D eigenvalue weighted by molar-refractivity contribution is 6.31. The predicted octanol–water partition coefficient (Wildman–Crippen LogP) is 2.50. The Labute approximate surface area is 145 Å². The van der Waals surface area contributed by atoms with Crippen LogP contribution < -0.4 is 14.8 Å². The molecule has 0 fully saturated rings. The van der Waals surface area contributed by atoms with E-state index in [1.807, 2.05) is 18.2 Å². The minimum atomic E-state index is -1.31. The highest BCUT2D eigenvalue weighted by atomic mass is 35.5. The number of carbonyl (C=O) groups excluding carboxylic acids is 1. The molecule has 6 heteroatoms. The average Bonchev–Trinajstić information content (AvgIpc) is 2.60. The zero-order valence-electron chi connectivity index (χ0n) is 13.2. The van der Waals surface area contributed by atoms with Gasteiger partial charge in [0, 0.05) is 16.1 Å². The molecule has 1 amide bonds. The normalized spacial score (nSPS) is 17.4. The van der Waals surface area contributed by atoms with Crippen LogP contribution in [0.2, 0.25) is 5.02 Å². The summed E-state index contributed by atoms with van der Waals surface area (Å²) in [6.07, 6.45) is -0.710. The van der Waals surface area contributed by atoms with Gasteiger partial charge in [0.15, 0.2) is 17.6 Å². The third-order valence-electron chi connectivity index (χ3n) is 3.97. The number of hydrogen-bond acceptors (Lipinski definition) is 4. The topological polar surface area (TPSA) is 67.8 Å². The van der Waals surface area contributed by atoms with Crippen molar-refractivity contribution in [2.45, 2.75) is 18.6 Å². The molecule has 2 aromatic carbocycles. The Morgan fingerprint density at radius 2 is 2.12 bits per heavy atom. The first kappa shape index (κ1) is 16.6. The molecule has 5 nitrogen and oxygen atoms in total. The molecule has 0 spiro atoms. The fourth-order valence-electron chi connectivity index (χ4n) is 2.77. The van der Waals surface area contributed by atoms with Gasteiger partial charge in [-0.15, -0.1) is 0 Å². The number of ether oxygens (including phenoxy) is 2. The number of hydrogen-bond donors (Lipinski definition) is 2. The number of methoxy groups -OCH3 is 1. The van der Waals surface area contributed by atoms with E-state index < -0.39 is 12.0 Å². The molecule has 1 aliphatic heterocycles. The number of benzene rings is 2. The van der Waals surface area contributed by atoms with Crippen molar-refractivity contribution in [2.24, 2.45) is 0 Å². The first-order valence-corrected chi connectivity index (χ1v) is 7.99. The largest absolute Gasteiger partial charge is 0.493 e. The fourth-order valence-corrected chi connectivity index (χ4v) is 3.00. The van der Waals surface area contributed by atoms with Gasteiger partial charge in [0.05, 0.1) is 13.2 Å². The van der Waals surface area contributed by atoms with E-state index in [1.165, 1.54) is 0 Å². The van der Waals surface area contributed by atoms with Gasteiger partial charge in [-0.1, -0.05) is 41.9 Å². The van der Waals surface area contributed by atoms with Gasteiger partial charge < -0.3 is 19.9 Å². The lowest BCUT2D eigenvalue weighted by molar-refractivity contribution is -0.130. The molecule has 1 unspecified atom stereocenters. The van der Waals surface area contributed by atoms with Crippen molar-refractivity contribution >= 4 is 17.5 Å². The summed E-state index contributed by atoms with van der Waals surface area (Å²) in [4.78, 5) is 12.3. The maximum atomic E-state index is 12.3. The molecule has 3 rings (SSSR count). The van der Waals surface area contributed by atoms with Crippen molar-refractivity contribution in [1.82, 2.24) is 5.32 Å².